The lowest BCUT2D eigenvalue weighted by molar-refractivity contribution is 0.0988. The van der Waals surface area contributed by atoms with Gasteiger partial charge in [-0.3, -0.25) is 4.79 Å². The number of anilines is 1. The number of carbonyl (C=O) groups is 1. The largest absolute Gasteiger partial charge is 0.378 e. The summed E-state index contributed by atoms with van der Waals surface area (Å²) in [6.45, 7) is 1.77. The minimum Gasteiger partial charge on any atom is -0.378 e. The van der Waals surface area contributed by atoms with Crippen molar-refractivity contribution in [1.29, 1.82) is 0 Å². The van der Waals surface area contributed by atoms with Crippen molar-refractivity contribution in [2.75, 3.05) is 19.0 Å². The number of hydrogen-bond acceptors (Lipinski definition) is 2. The molecule has 0 heterocycles. The summed E-state index contributed by atoms with van der Waals surface area (Å²) >= 11 is 0. The van der Waals surface area contributed by atoms with Crippen LogP contribution < -0.4 is 4.90 Å². The van der Waals surface area contributed by atoms with E-state index < -0.39 is 0 Å². The Hall–Kier alpha value is -1.38. The fourth-order valence-corrected chi connectivity index (χ4v) is 1.20. The molecule has 1 rings (SSSR count). The SMILES string of the molecule is CCC(=O)c1cc(F)cc(N(C)C)c1. The van der Waals surface area contributed by atoms with Gasteiger partial charge in [0, 0.05) is 31.8 Å². The van der Waals surface area contributed by atoms with Gasteiger partial charge in [-0.1, -0.05) is 6.92 Å². The first-order chi connectivity index (χ1) is 6.54. The van der Waals surface area contributed by atoms with E-state index in [9.17, 15) is 9.18 Å². The van der Waals surface area contributed by atoms with Crippen LogP contribution in [0.2, 0.25) is 0 Å². The molecular weight excluding hydrogens is 181 g/mol. The van der Waals surface area contributed by atoms with Gasteiger partial charge in [0.1, 0.15) is 5.82 Å². The summed E-state index contributed by atoms with van der Waals surface area (Å²) in [4.78, 5) is 13.1. The Morgan fingerprint density at radius 1 is 1.36 bits per heavy atom. The smallest absolute Gasteiger partial charge is 0.162 e. The number of carbonyl (C=O) groups excluding carboxylic acids is 1. The number of halogens is 1. The van der Waals surface area contributed by atoms with Crippen molar-refractivity contribution in [2.24, 2.45) is 0 Å². The molecule has 0 aliphatic heterocycles. The zero-order chi connectivity index (χ0) is 10.7. The van der Waals surface area contributed by atoms with E-state index in [4.69, 9.17) is 0 Å². The van der Waals surface area contributed by atoms with E-state index in [1.54, 1.807) is 17.9 Å². The summed E-state index contributed by atoms with van der Waals surface area (Å²) in [5, 5.41) is 0. The van der Waals surface area contributed by atoms with E-state index >= 15 is 0 Å². The Morgan fingerprint density at radius 2 is 2.00 bits per heavy atom. The number of Topliss-reactive ketones (excluding diaryl/α,β-unsaturated/α-hetero) is 1. The van der Waals surface area contributed by atoms with Crippen LogP contribution in [0.15, 0.2) is 18.2 Å². The van der Waals surface area contributed by atoms with E-state index in [1.165, 1.54) is 12.1 Å². The molecule has 1 aromatic carbocycles. The topological polar surface area (TPSA) is 20.3 Å². The number of benzene rings is 1. The molecule has 0 unspecified atom stereocenters. The maximum atomic E-state index is 13.1. The molecule has 0 bridgehead atoms. The third-order valence-corrected chi connectivity index (χ3v) is 2.04. The second kappa shape index (κ2) is 4.22. The lowest BCUT2D eigenvalue weighted by atomic mass is 10.1. The molecule has 0 spiro atoms. The first kappa shape index (κ1) is 10.7. The minimum atomic E-state index is -0.368. The van der Waals surface area contributed by atoms with E-state index in [-0.39, 0.29) is 11.6 Å². The molecule has 0 aliphatic rings. The average molecular weight is 195 g/mol. The fraction of sp³-hybridized carbons (Fsp3) is 0.364. The molecule has 0 fully saturated rings. The van der Waals surface area contributed by atoms with Gasteiger partial charge in [-0.15, -0.1) is 0 Å². The quantitative estimate of drug-likeness (QED) is 0.690. The van der Waals surface area contributed by atoms with Crippen molar-refractivity contribution in [1.82, 2.24) is 0 Å². The summed E-state index contributed by atoms with van der Waals surface area (Å²) in [7, 11) is 3.63. The van der Waals surface area contributed by atoms with Crippen LogP contribution in [0.25, 0.3) is 0 Å². The van der Waals surface area contributed by atoms with Crippen LogP contribution in [-0.4, -0.2) is 19.9 Å². The Morgan fingerprint density at radius 3 is 2.50 bits per heavy atom. The van der Waals surface area contributed by atoms with E-state index in [0.717, 1.165) is 0 Å². The highest BCUT2D eigenvalue weighted by molar-refractivity contribution is 5.96. The van der Waals surface area contributed by atoms with Gasteiger partial charge in [0.2, 0.25) is 0 Å². The predicted molar refractivity (Wildman–Crippen MR) is 55.3 cm³/mol. The summed E-state index contributed by atoms with van der Waals surface area (Å²) in [5.41, 5.74) is 1.15. The zero-order valence-corrected chi connectivity index (χ0v) is 8.67. The molecule has 0 N–H and O–H groups in total. The van der Waals surface area contributed by atoms with Crippen molar-refractivity contribution in [3.8, 4) is 0 Å². The second-order valence-corrected chi connectivity index (χ2v) is 3.37. The molecule has 0 atom stereocenters. The standard InChI is InChI=1S/C11H14FNO/c1-4-11(14)8-5-9(12)7-10(6-8)13(2)3/h5-7H,4H2,1-3H3. The molecular formula is C11H14FNO. The number of ketones is 1. The van der Waals surface area contributed by atoms with Gasteiger partial charge in [0.15, 0.2) is 5.78 Å². The first-order valence-electron chi connectivity index (χ1n) is 4.55. The third-order valence-electron chi connectivity index (χ3n) is 2.04. The van der Waals surface area contributed by atoms with Gasteiger partial charge in [0.05, 0.1) is 0 Å². The van der Waals surface area contributed by atoms with Gasteiger partial charge in [-0.2, -0.15) is 0 Å². The molecule has 0 radical (unpaired) electrons. The molecule has 0 amide bonds. The summed E-state index contributed by atoms with van der Waals surface area (Å²) in [6, 6.07) is 4.39. The van der Waals surface area contributed by atoms with Gasteiger partial charge >= 0.3 is 0 Å². The predicted octanol–water partition coefficient (Wildman–Crippen LogP) is 2.48. The molecule has 2 nitrogen and oxygen atoms in total. The lowest BCUT2D eigenvalue weighted by Gasteiger charge is -2.13. The van der Waals surface area contributed by atoms with Crippen molar-refractivity contribution in [3.63, 3.8) is 0 Å². The molecule has 76 valence electrons. The highest BCUT2D eigenvalue weighted by atomic mass is 19.1. The van der Waals surface area contributed by atoms with Gasteiger partial charge in [0.25, 0.3) is 0 Å². The monoisotopic (exact) mass is 195 g/mol. The summed E-state index contributed by atoms with van der Waals surface area (Å²) in [6.07, 6.45) is 0.399. The van der Waals surface area contributed by atoms with Crippen molar-refractivity contribution < 1.29 is 9.18 Å². The van der Waals surface area contributed by atoms with E-state index in [2.05, 4.69) is 0 Å². The van der Waals surface area contributed by atoms with Crippen LogP contribution in [0.1, 0.15) is 23.7 Å². The molecule has 0 aromatic heterocycles. The average Bonchev–Trinajstić information content (AvgIpc) is 2.15. The Labute approximate surface area is 83.3 Å². The van der Waals surface area contributed by atoms with E-state index in [1.807, 2.05) is 14.1 Å². The number of nitrogens with zero attached hydrogens (tertiary/aromatic N) is 1. The Bertz CT molecular complexity index is 347. The molecule has 1 aromatic rings. The van der Waals surface area contributed by atoms with Crippen LogP contribution in [0.3, 0.4) is 0 Å². The van der Waals surface area contributed by atoms with Gasteiger partial charge in [-0.05, 0) is 18.2 Å². The van der Waals surface area contributed by atoms with Crippen LogP contribution in [-0.2, 0) is 0 Å². The van der Waals surface area contributed by atoms with E-state index in [0.29, 0.717) is 17.7 Å². The van der Waals surface area contributed by atoms with Crippen LogP contribution >= 0.6 is 0 Å². The van der Waals surface area contributed by atoms with Gasteiger partial charge < -0.3 is 4.90 Å². The maximum absolute atomic E-state index is 13.1. The zero-order valence-electron chi connectivity index (χ0n) is 8.67. The summed E-state index contributed by atoms with van der Waals surface area (Å²) < 4.78 is 13.1. The van der Waals surface area contributed by atoms with Crippen molar-refractivity contribution >= 4 is 11.5 Å². The highest BCUT2D eigenvalue weighted by Crippen LogP contribution is 2.17. The molecule has 14 heavy (non-hydrogen) atoms. The summed E-state index contributed by atoms with van der Waals surface area (Å²) in [5.74, 6) is -0.402. The van der Waals surface area contributed by atoms with Crippen LogP contribution in [0.4, 0.5) is 10.1 Å². The molecule has 3 heteroatoms. The number of rotatable bonds is 3. The normalized spacial score (nSPS) is 10.0. The first-order valence-corrected chi connectivity index (χ1v) is 4.55. The second-order valence-electron chi connectivity index (χ2n) is 3.37. The molecule has 0 aliphatic carbocycles. The highest BCUT2D eigenvalue weighted by Gasteiger charge is 2.07. The van der Waals surface area contributed by atoms with Gasteiger partial charge in [-0.25, -0.2) is 4.39 Å². The van der Waals surface area contributed by atoms with Crippen LogP contribution in [0.5, 0.6) is 0 Å². The third kappa shape index (κ3) is 2.31. The van der Waals surface area contributed by atoms with Crippen molar-refractivity contribution in [3.05, 3.63) is 29.6 Å². The lowest BCUT2D eigenvalue weighted by Crippen LogP contribution is -2.10. The Balaban J connectivity index is 3.13. The minimum absolute atomic E-state index is 0.0346. The molecule has 0 saturated carbocycles. The van der Waals surface area contributed by atoms with Crippen LogP contribution in [0, 0.1) is 5.82 Å². The Kier molecular flexibility index (Phi) is 3.23. The van der Waals surface area contributed by atoms with Crippen molar-refractivity contribution in [2.45, 2.75) is 13.3 Å². The number of hydrogen-bond donors (Lipinski definition) is 0. The fourth-order valence-electron chi connectivity index (χ4n) is 1.20. The molecule has 0 saturated heterocycles. The maximum Gasteiger partial charge on any atom is 0.162 e.